The van der Waals surface area contributed by atoms with Gasteiger partial charge in [-0.3, -0.25) is 14.4 Å². The second-order valence-electron chi connectivity index (χ2n) is 7.86. The highest BCUT2D eigenvalue weighted by molar-refractivity contribution is 5.67. The van der Waals surface area contributed by atoms with Crippen molar-refractivity contribution in [1.82, 2.24) is 0 Å². The largest absolute Gasteiger partial charge is 0.481 e. The van der Waals surface area contributed by atoms with E-state index in [1.165, 1.54) is 44.9 Å². The molecule has 0 atom stereocenters. The van der Waals surface area contributed by atoms with E-state index in [0.29, 0.717) is 6.54 Å². The number of aliphatic carboxylic acids is 3. The van der Waals surface area contributed by atoms with Crippen LogP contribution >= 0.6 is 0 Å². The fourth-order valence-electron chi connectivity index (χ4n) is 3.42. The van der Waals surface area contributed by atoms with Crippen LogP contribution < -0.4 is 0 Å². The lowest BCUT2D eigenvalue weighted by Gasteiger charge is -2.37. The van der Waals surface area contributed by atoms with Crippen LogP contribution in [0.4, 0.5) is 0 Å². The molecule has 168 valence electrons. The molecule has 0 unspecified atom stereocenters. The maximum Gasteiger partial charge on any atom is 0.309 e. The molecule has 0 bridgehead atoms. The Bertz CT molecular complexity index is 458. The number of nitrogens with zero attached hydrogens (tertiary/aromatic N) is 1. The standard InChI is InChI=1S/C22H39NO6/c1-2-3-4-5-6-7-8-9-10-11-12-16-23(17-13-20(24)25,18-14-21(26)27)19-15-22(28)29/h11-12H,2-10,13-19H2,1H3,(H2-,24,25,26,27,28,29)/p+1/b12-11+. The number of carbonyl (C=O) groups is 3. The van der Waals surface area contributed by atoms with Gasteiger partial charge in [-0.1, -0.05) is 57.9 Å². The Kier molecular flexibility index (Phi) is 15.9. The Labute approximate surface area is 175 Å². The summed E-state index contributed by atoms with van der Waals surface area (Å²) in [6.07, 6.45) is 14.7. The topological polar surface area (TPSA) is 112 Å². The van der Waals surface area contributed by atoms with Gasteiger partial charge in [0.1, 0.15) is 0 Å². The summed E-state index contributed by atoms with van der Waals surface area (Å²) in [4.78, 5) is 33.1. The molecule has 0 spiro atoms. The van der Waals surface area contributed by atoms with Crippen molar-refractivity contribution in [3.05, 3.63) is 12.2 Å². The first-order valence-electron chi connectivity index (χ1n) is 11.0. The van der Waals surface area contributed by atoms with Crippen molar-refractivity contribution >= 4 is 17.9 Å². The highest BCUT2D eigenvalue weighted by Gasteiger charge is 2.28. The summed E-state index contributed by atoms with van der Waals surface area (Å²) in [5.41, 5.74) is 0. The van der Waals surface area contributed by atoms with Gasteiger partial charge in [-0.2, -0.15) is 0 Å². The van der Waals surface area contributed by atoms with Gasteiger partial charge in [0.2, 0.25) is 0 Å². The number of hydrogen-bond acceptors (Lipinski definition) is 3. The van der Waals surface area contributed by atoms with Crippen molar-refractivity contribution in [2.45, 2.75) is 84.0 Å². The van der Waals surface area contributed by atoms with Crippen LogP contribution in [0.1, 0.15) is 84.0 Å². The molecule has 0 aromatic heterocycles. The van der Waals surface area contributed by atoms with Gasteiger partial charge in [-0.25, -0.2) is 0 Å². The lowest BCUT2D eigenvalue weighted by atomic mass is 10.1. The summed E-state index contributed by atoms with van der Waals surface area (Å²) in [5, 5.41) is 27.1. The van der Waals surface area contributed by atoms with E-state index in [9.17, 15) is 14.4 Å². The fraction of sp³-hybridized carbons (Fsp3) is 0.773. The number of carboxylic acids is 3. The maximum atomic E-state index is 11.0. The first-order chi connectivity index (χ1) is 13.8. The number of quaternary nitrogens is 1. The highest BCUT2D eigenvalue weighted by Crippen LogP contribution is 2.14. The highest BCUT2D eigenvalue weighted by atomic mass is 16.4. The molecule has 0 aliphatic rings. The van der Waals surface area contributed by atoms with Crippen molar-refractivity contribution in [2.75, 3.05) is 26.2 Å². The molecule has 0 saturated heterocycles. The van der Waals surface area contributed by atoms with Crippen LogP contribution in [0.25, 0.3) is 0 Å². The van der Waals surface area contributed by atoms with Gasteiger partial charge in [-0.15, -0.1) is 0 Å². The molecule has 7 heteroatoms. The third-order valence-corrected chi connectivity index (χ3v) is 5.28. The van der Waals surface area contributed by atoms with Crippen LogP contribution in [-0.2, 0) is 14.4 Å². The number of rotatable bonds is 20. The van der Waals surface area contributed by atoms with Crippen LogP contribution in [0.5, 0.6) is 0 Å². The third-order valence-electron chi connectivity index (χ3n) is 5.28. The average molecular weight is 415 g/mol. The van der Waals surface area contributed by atoms with Gasteiger partial charge in [0.25, 0.3) is 0 Å². The van der Waals surface area contributed by atoms with Crippen LogP contribution in [0.15, 0.2) is 12.2 Å². The van der Waals surface area contributed by atoms with E-state index in [-0.39, 0.29) is 43.4 Å². The Morgan fingerprint density at radius 1 is 0.655 bits per heavy atom. The predicted molar refractivity (Wildman–Crippen MR) is 113 cm³/mol. The zero-order valence-corrected chi connectivity index (χ0v) is 18.0. The number of carboxylic acid groups (broad SMARTS) is 3. The molecule has 29 heavy (non-hydrogen) atoms. The lowest BCUT2D eigenvalue weighted by molar-refractivity contribution is -0.921. The second-order valence-corrected chi connectivity index (χ2v) is 7.86. The van der Waals surface area contributed by atoms with Gasteiger partial charge in [0, 0.05) is 0 Å². The van der Waals surface area contributed by atoms with Crippen molar-refractivity contribution in [2.24, 2.45) is 0 Å². The monoisotopic (exact) mass is 414 g/mol. The van der Waals surface area contributed by atoms with E-state index in [0.717, 1.165) is 12.8 Å². The molecule has 3 N–H and O–H groups in total. The van der Waals surface area contributed by atoms with E-state index >= 15 is 0 Å². The third kappa shape index (κ3) is 16.7. The molecule has 0 fully saturated rings. The molecule has 0 aromatic carbocycles. The predicted octanol–water partition coefficient (Wildman–Crippen LogP) is 4.31. The molecule has 0 aliphatic carbocycles. The molecular formula is C22H40NO6+. The summed E-state index contributed by atoms with van der Waals surface area (Å²) in [6.45, 7) is 3.38. The van der Waals surface area contributed by atoms with E-state index in [1.54, 1.807) is 0 Å². The first kappa shape index (κ1) is 27.1. The minimum atomic E-state index is -0.957. The molecule has 0 radical (unpaired) electrons. The van der Waals surface area contributed by atoms with Crippen LogP contribution in [0.3, 0.4) is 0 Å². The quantitative estimate of drug-likeness (QED) is 0.155. The van der Waals surface area contributed by atoms with Crippen molar-refractivity contribution in [1.29, 1.82) is 0 Å². The zero-order chi connectivity index (χ0) is 22.0. The SMILES string of the molecule is CCCCCCCCCC/C=C/C[N+](CCC(=O)O)(CCC(=O)O)CCC(=O)O. The van der Waals surface area contributed by atoms with E-state index in [4.69, 9.17) is 15.3 Å². The summed E-state index contributed by atoms with van der Waals surface area (Å²) in [5.74, 6) is -2.87. The summed E-state index contributed by atoms with van der Waals surface area (Å²) < 4.78 is 0.179. The second kappa shape index (κ2) is 17.0. The Balaban J connectivity index is 4.53. The van der Waals surface area contributed by atoms with E-state index in [2.05, 4.69) is 13.0 Å². The first-order valence-corrected chi connectivity index (χ1v) is 11.0. The maximum absolute atomic E-state index is 11.0. The van der Waals surface area contributed by atoms with Gasteiger partial charge in [0.05, 0.1) is 45.4 Å². The Morgan fingerprint density at radius 3 is 1.48 bits per heavy atom. The average Bonchev–Trinajstić information content (AvgIpc) is 2.66. The molecule has 0 heterocycles. The molecular weight excluding hydrogens is 374 g/mol. The Hall–Kier alpha value is -1.89. The molecule has 7 nitrogen and oxygen atoms in total. The molecule has 0 saturated carbocycles. The van der Waals surface area contributed by atoms with Crippen LogP contribution in [-0.4, -0.2) is 63.9 Å². The fourth-order valence-corrected chi connectivity index (χ4v) is 3.42. The van der Waals surface area contributed by atoms with Crippen molar-refractivity contribution in [3.8, 4) is 0 Å². The summed E-state index contributed by atoms with van der Waals surface area (Å²) >= 11 is 0. The van der Waals surface area contributed by atoms with Gasteiger partial charge < -0.3 is 19.8 Å². The van der Waals surface area contributed by atoms with Crippen LogP contribution in [0.2, 0.25) is 0 Å². The summed E-state index contributed by atoms with van der Waals surface area (Å²) in [6, 6.07) is 0. The number of hydrogen-bond donors (Lipinski definition) is 3. The molecule has 0 amide bonds. The van der Waals surface area contributed by atoms with Gasteiger partial charge >= 0.3 is 17.9 Å². The van der Waals surface area contributed by atoms with E-state index in [1.807, 2.05) is 6.08 Å². The number of unbranched alkanes of at least 4 members (excludes halogenated alkanes) is 8. The van der Waals surface area contributed by atoms with Gasteiger partial charge in [0.15, 0.2) is 0 Å². The van der Waals surface area contributed by atoms with Crippen molar-refractivity contribution < 1.29 is 34.2 Å². The molecule has 0 aliphatic heterocycles. The minimum absolute atomic E-state index is 0.106. The zero-order valence-electron chi connectivity index (χ0n) is 18.0. The number of allylic oxidation sites excluding steroid dienone is 1. The van der Waals surface area contributed by atoms with Crippen LogP contribution in [0, 0.1) is 0 Å². The minimum Gasteiger partial charge on any atom is -0.481 e. The lowest BCUT2D eigenvalue weighted by Crippen LogP contribution is -2.51. The van der Waals surface area contributed by atoms with Crippen molar-refractivity contribution in [3.63, 3.8) is 0 Å². The summed E-state index contributed by atoms with van der Waals surface area (Å²) in [7, 11) is 0. The van der Waals surface area contributed by atoms with Gasteiger partial charge in [-0.05, 0) is 18.9 Å². The van der Waals surface area contributed by atoms with E-state index < -0.39 is 17.9 Å². The normalized spacial score (nSPS) is 11.8. The smallest absolute Gasteiger partial charge is 0.309 e. The molecule has 0 aromatic rings. The molecule has 0 rings (SSSR count). The Morgan fingerprint density at radius 2 is 1.07 bits per heavy atom.